The monoisotopic (exact) mass is 233 g/mol. The summed E-state index contributed by atoms with van der Waals surface area (Å²) in [7, 11) is 0. The standard InChI is InChI=1S/C13H12ClNO/c1-9-5-6-15-8-12(9)13(16)10-3-2-4-11(14)7-10/h2-8,13,16H,1H3. The number of benzene rings is 1. The van der Waals surface area contributed by atoms with Crippen LogP contribution >= 0.6 is 11.6 Å². The average molecular weight is 234 g/mol. The van der Waals surface area contributed by atoms with Gasteiger partial charge in [-0.25, -0.2) is 0 Å². The van der Waals surface area contributed by atoms with E-state index in [0.29, 0.717) is 5.02 Å². The Morgan fingerprint density at radius 3 is 2.81 bits per heavy atom. The van der Waals surface area contributed by atoms with Crippen LogP contribution in [0.5, 0.6) is 0 Å². The molecule has 0 bridgehead atoms. The largest absolute Gasteiger partial charge is 0.384 e. The summed E-state index contributed by atoms with van der Waals surface area (Å²) in [5.41, 5.74) is 2.61. The number of pyridine rings is 1. The van der Waals surface area contributed by atoms with Crippen LogP contribution in [0, 0.1) is 6.92 Å². The Kier molecular flexibility index (Phi) is 3.22. The average Bonchev–Trinajstić information content (AvgIpc) is 2.29. The number of nitrogens with zero attached hydrogens (tertiary/aromatic N) is 1. The molecule has 1 unspecified atom stereocenters. The molecule has 0 aliphatic heterocycles. The van der Waals surface area contributed by atoms with Gasteiger partial charge >= 0.3 is 0 Å². The molecule has 3 heteroatoms. The molecule has 0 saturated heterocycles. The van der Waals surface area contributed by atoms with E-state index in [-0.39, 0.29) is 0 Å². The first kappa shape index (κ1) is 11.1. The molecule has 2 nitrogen and oxygen atoms in total. The predicted octanol–water partition coefficient (Wildman–Crippen LogP) is 3.13. The maximum atomic E-state index is 10.2. The number of halogens is 1. The van der Waals surface area contributed by atoms with E-state index in [9.17, 15) is 5.11 Å². The molecule has 0 saturated carbocycles. The topological polar surface area (TPSA) is 33.1 Å². The Hall–Kier alpha value is -1.38. The fourth-order valence-electron chi connectivity index (χ4n) is 1.62. The maximum Gasteiger partial charge on any atom is 0.106 e. The van der Waals surface area contributed by atoms with E-state index in [1.165, 1.54) is 0 Å². The normalized spacial score (nSPS) is 12.4. The first-order valence-electron chi connectivity index (χ1n) is 5.02. The van der Waals surface area contributed by atoms with Crippen molar-refractivity contribution in [3.05, 3.63) is 64.4 Å². The summed E-state index contributed by atoms with van der Waals surface area (Å²) in [5, 5.41) is 10.8. The Bertz CT molecular complexity index is 499. The minimum atomic E-state index is -0.674. The van der Waals surface area contributed by atoms with Crippen LogP contribution in [0.1, 0.15) is 22.8 Å². The summed E-state index contributed by atoms with van der Waals surface area (Å²) < 4.78 is 0. The summed E-state index contributed by atoms with van der Waals surface area (Å²) in [6, 6.07) is 9.10. The summed E-state index contributed by atoms with van der Waals surface area (Å²) >= 11 is 5.89. The highest BCUT2D eigenvalue weighted by Gasteiger charge is 2.12. The lowest BCUT2D eigenvalue weighted by atomic mass is 10.00. The van der Waals surface area contributed by atoms with Crippen molar-refractivity contribution in [1.82, 2.24) is 4.98 Å². The fraction of sp³-hybridized carbons (Fsp3) is 0.154. The Labute approximate surface area is 99.5 Å². The summed E-state index contributed by atoms with van der Waals surface area (Å²) in [6.07, 6.45) is 2.72. The van der Waals surface area contributed by atoms with E-state index in [1.54, 1.807) is 24.5 Å². The third-order valence-electron chi connectivity index (χ3n) is 2.54. The lowest BCUT2D eigenvalue weighted by Crippen LogP contribution is -2.02. The van der Waals surface area contributed by atoms with E-state index in [0.717, 1.165) is 16.7 Å². The minimum Gasteiger partial charge on any atom is -0.384 e. The Morgan fingerprint density at radius 2 is 2.12 bits per heavy atom. The van der Waals surface area contributed by atoms with Crippen molar-refractivity contribution in [1.29, 1.82) is 0 Å². The van der Waals surface area contributed by atoms with Gasteiger partial charge in [-0.1, -0.05) is 23.7 Å². The first-order valence-corrected chi connectivity index (χ1v) is 5.40. The molecule has 1 aromatic carbocycles. The van der Waals surface area contributed by atoms with Gasteiger partial charge in [-0.05, 0) is 36.2 Å². The summed E-state index contributed by atoms with van der Waals surface area (Å²) in [6.45, 7) is 1.95. The van der Waals surface area contributed by atoms with Crippen LogP contribution in [0.3, 0.4) is 0 Å². The van der Waals surface area contributed by atoms with Gasteiger partial charge in [0.1, 0.15) is 6.10 Å². The van der Waals surface area contributed by atoms with Crippen molar-refractivity contribution in [2.45, 2.75) is 13.0 Å². The van der Waals surface area contributed by atoms with Crippen LogP contribution in [0.4, 0.5) is 0 Å². The third-order valence-corrected chi connectivity index (χ3v) is 2.77. The van der Waals surface area contributed by atoms with Crippen molar-refractivity contribution in [2.75, 3.05) is 0 Å². The quantitative estimate of drug-likeness (QED) is 0.865. The predicted molar refractivity (Wildman–Crippen MR) is 64.5 cm³/mol. The molecular formula is C13H12ClNO. The van der Waals surface area contributed by atoms with Gasteiger partial charge in [0.2, 0.25) is 0 Å². The van der Waals surface area contributed by atoms with Crippen molar-refractivity contribution < 1.29 is 5.11 Å². The third kappa shape index (κ3) is 2.23. The molecule has 0 amide bonds. The second kappa shape index (κ2) is 4.64. The van der Waals surface area contributed by atoms with Crippen LogP contribution in [-0.2, 0) is 0 Å². The zero-order valence-corrected chi connectivity index (χ0v) is 9.65. The molecule has 0 spiro atoms. The minimum absolute atomic E-state index is 0.623. The molecule has 1 atom stereocenters. The molecule has 1 N–H and O–H groups in total. The van der Waals surface area contributed by atoms with Gasteiger partial charge < -0.3 is 5.11 Å². The molecule has 2 rings (SSSR count). The lowest BCUT2D eigenvalue weighted by Gasteiger charge is -2.13. The van der Waals surface area contributed by atoms with Crippen LogP contribution < -0.4 is 0 Å². The maximum absolute atomic E-state index is 10.2. The molecule has 1 heterocycles. The van der Waals surface area contributed by atoms with Gasteiger partial charge in [-0.3, -0.25) is 4.98 Å². The highest BCUT2D eigenvalue weighted by Crippen LogP contribution is 2.25. The Balaban J connectivity index is 2.39. The van der Waals surface area contributed by atoms with Gasteiger partial charge in [0.05, 0.1) is 0 Å². The zero-order valence-electron chi connectivity index (χ0n) is 8.89. The number of hydrogen-bond acceptors (Lipinski definition) is 2. The number of hydrogen-bond donors (Lipinski definition) is 1. The molecular weight excluding hydrogens is 222 g/mol. The number of aromatic nitrogens is 1. The van der Waals surface area contributed by atoms with E-state index in [1.807, 2.05) is 25.1 Å². The van der Waals surface area contributed by atoms with Crippen molar-refractivity contribution in [3.63, 3.8) is 0 Å². The number of rotatable bonds is 2. The van der Waals surface area contributed by atoms with E-state index in [2.05, 4.69) is 4.98 Å². The van der Waals surface area contributed by atoms with Crippen molar-refractivity contribution in [2.24, 2.45) is 0 Å². The zero-order chi connectivity index (χ0) is 11.5. The number of aliphatic hydroxyl groups excluding tert-OH is 1. The molecule has 82 valence electrons. The molecule has 2 aromatic rings. The van der Waals surface area contributed by atoms with Gasteiger partial charge in [0, 0.05) is 23.0 Å². The van der Waals surface area contributed by atoms with Gasteiger partial charge in [0.15, 0.2) is 0 Å². The summed E-state index contributed by atoms with van der Waals surface area (Å²) in [5.74, 6) is 0. The Morgan fingerprint density at radius 1 is 1.31 bits per heavy atom. The van der Waals surface area contributed by atoms with Gasteiger partial charge in [-0.2, -0.15) is 0 Å². The molecule has 0 radical (unpaired) electrons. The van der Waals surface area contributed by atoms with Crippen LogP contribution in [0.2, 0.25) is 5.02 Å². The molecule has 1 aromatic heterocycles. The second-order valence-corrected chi connectivity index (χ2v) is 4.13. The van der Waals surface area contributed by atoms with Crippen LogP contribution in [0.15, 0.2) is 42.7 Å². The SMILES string of the molecule is Cc1ccncc1C(O)c1cccc(Cl)c1. The summed E-state index contributed by atoms with van der Waals surface area (Å²) in [4.78, 5) is 4.02. The van der Waals surface area contributed by atoms with Crippen molar-refractivity contribution >= 4 is 11.6 Å². The highest BCUT2D eigenvalue weighted by atomic mass is 35.5. The molecule has 0 fully saturated rings. The van der Waals surface area contributed by atoms with Crippen LogP contribution in [-0.4, -0.2) is 10.1 Å². The van der Waals surface area contributed by atoms with Gasteiger partial charge in [0.25, 0.3) is 0 Å². The lowest BCUT2D eigenvalue weighted by molar-refractivity contribution is 0.219. The van der Waals surface area contributed by atoms with E-state index in [4.69, 9.17) is 11.6 Å². The number of aliphatic hydroxyl groups is 1. The molecule has 16 heavy (non-hydrogen) atoms. The fourth-order valence-corrected chi connectivity index (χ4v) is 1.82. The first-order chi connectivity index (χ1) is 7.68. The van der Waals surface area contributed by atoms with Crippen LogP contribution in [0.25, 0.3) is 0 Å². The van der Waals surface area contributed by atoms with E-state index >= 15 is 0 Å². The highest BCUT2D eigenvalue weighted by molar-refractivity contribution is 6.30. The molecule has 0 aliphatic carbocycles. The number of aryl methyl sites for hydroxylation is 1. The smallest absolute Gasteiger partial charge is 0.106 e. The van der Waals surface area contributed by atoms with Gasteiger partial charge in [-0.15, -0.1) is 0 Å². The molecule has 0 aliphatic rings. The van der Waals surface area contributed by atoms with Crippen molar-refractivity contribution in [3.8, 4) is 0 Å². The van der Waals surface area contributed by atoms with E-state index < -0.39 is 6.10 Å². The second-order valence-electron chi connectivity index (χ2n) is 3.69.